The summed E-state index contributed by atoms with van der Waals surface area (Å²) >= 11 is 0. The number of amides is 1. The van der Waals surface area contributed by atoms with Crippen molar-refractivity contribution in [3.63, 3.8) is 0 Å². The van der Waals surface area contributed by atoms with Crippen LogP contribution in [0.25, 0.3) is 0 Å². The van der Waals surface area contributed by atoms with Gasteiger partial charge in [-0.3, -0.25) is 9.69 Å². The van der Waals surface area contributed by atoms with Crippen molar-refractivity contribution in [1.82, 2.24) is 10.2 Å². The number of hydrogen-bond donors (Lipinski definition) is 1. The lowest BCUT2D eigenvalue weighted by Gasteiger charge is -2.32. The van der Waals surface area contributed by atoms with E-state index in [1.165, 1.54) is 0 Å². The van der Waals surface area contributed by atoms with Gasteiger partial charge in [-0.15, -0.1) is 0 Å². The van der Waals surface area contributed by atoms with Crippen LogP contribution in [0.3, 0.4) is 0 Å². The SMILES string of the molecule is CCC(C)C(C=O)NC(=O)C1CCCCN1C. The second-order valence-corrected chi connectivity index (χ2v) is 5.05. The van der Waals surface area contributed by atoms with Gasteiger partial charge in [0, 0.05) is 0 Å². The molecule has 0 saturated carbocycles. The van der Waals surface area contributed by atoms with E-state index in [9.17, 15) is 9.59 Å². The second kappa shape index (κ2) is 6.74. The molecule has 98 valence electrons. The van der Waals surface area contributed by atoms with Gasteiger partial charge in [0.2, 0.25) is 5.91 Å². The minimum Gasteiger partial charge on any atom is -0.345 e. The lowest BCUT2D eigenvalue weighted by atomic mass is 9.98. The fourth-order valence-corrected chi connectivity index (χ4v) is 2.23. The average Bonchev–Trinajstić information content (AvgIpc) is 2.35. The zero-order chi connectivity index (χ0) is 12.8. The van der Waals surface area contributed by atoms with Crippen molar-refractivity contribution < 1.29 is 9.59 Å². The molecule has 1 rings (SSSR count). The third kappa shape index (κ3) is 3.80. The molecule has 0 aromatic rings. The highest BCUT2D eigenvalue weighted by Gasteiger charge is 2.28. The number of aldehydes is 1. The standard InChI is InChI=1S/C13H24N2O2/c1-4-10(2)11(9-16)14-13(17)12-7-5-6-8-15(12)3/h9-12H,4-8H2,1-3H3,(H,14,17). The predicted octanol–water partition coefficient (Wildman–Crippen LogP) is 1.20. The minimum atomic E-state index is -0.345. The maximum absolute atomic E-state index is 12.1. The summed E-state index contributed by atoms with van der Waals surface area (Å²) in [4.78, 5) is 25.1. The molecule has 4 nitrogen and oxygen atoms in total. The Bertz CT molecular complexity index is 268. The summed E-state index contributed by atoms with van der Waals surface area (Å²) in [6.07, 6.45) is 4.90. The Balaban J connectivity index is 2.54. The Labute approximate surface area is 104 Å². The van der Waals surface area contributed by atoms with Crippen molar-refractivity contribution in [3.05, 3.63) is 0 Å². The summed E-state index contributed by atoms with van der Waals surface area (Å²) in [5.74, 6) is 0.204. The first-order valence-corrected chi connectivity index (χ1v) is 6.56. The van der Waals surface area contributed by atoms with E-state index in [4.69, 9.17) is 0 Å². The lowest BCUT2D eigenvalue weighted by Crippen LogP contribution is -2.52. The van der Waals surface area contributed by atoms with Crippen molar-refractivity contribution in [2.75, 3.05) is 13.6 Å². The summed E-state index contributed by atoms with van der Waals surface area (Å²) < 4.78 is 0. The molecule has 0 aromatic heterocycles. The van der Waals surface area contributed by atoms with Crippen molar-refractivity contribution in [2.24, 2.45) is 5.92 Å². The van der Waals surface area contributed by atoms with Crippen LogP contribution >= 0.6 is 0 Å². The van der Waals surface area contributed by atoms with E-state index in [0.717, 1.165) is 38.5 Å². The third-order valence-electron chi connectivity index (χ3n) is 3.79. The zero-order valence-corrected chi connectivity index (χ0v) is 11.1. The maximum atomic E-state index is 12.1. The maximum Gasteiger partial charge on any atom is 0.237 e. The van der Waals surface area contributed by atoms with Gasteiger partial charge in [-0.05, 0) is 32.4 Å². The first-order valence-electron chi connectivity index (χ1n) is 6.56. The smallest absolute Gasteiger partial charge is 0.237 e. The van der Waals surface area contributed by atoms with Crippen LogP contribution in [-0.4, -0.2) is 42.8 Å². The molecular weight excluding hydrogens is 216 g/mol. The largest absolute Gasteiger partial charge is 0.345 e. The van der Waals surface area contributed by atoms with E-state index in [-0.39, 0.29) is 23.9 Å². The molecule has 0 spiro atoms. The molecule has 17 heavy (non-hydrogen) atoms. The fourth-order valence-electron chi connectivity index (χ4n) is 2.23. The van der Waals surface area contributed by atoms with Crippen molar-refractivity contribution >= 4 is 12.2 Å². The molecule has 3 atom stereocenters. The van der Waals surface area contributed by atoms with E-state index in [0.29, 0.717) is 0 Å². The molecule has 1 saturated heterocycles. The molecule has 4 heteroatoms. The van der Waals surface area contributed by atoms with Crippen molar-refractivity contribution in [2.45, 2.75) is 51.6 Å². The van der Waals surface area contributed by atoms with Gasteiger partial charge in [0.15, 0.2) is 0 Å². The number of carbonyl (C=O) groups is 2. The predicted molar refractivity (Wildman–Crippen MR) is 67.7 cm³/mol. The molecule has 0 radical (unpaired) electrons. The average molecular weight is 240 g/mol. The number of rotatable bonds is 5. The van der Waals surface area contributed by atoms with Crippen LogP contribution in [0.5, 0.6) is 0 Å². The number of piperidine rings is 1. The Kier molecular flexibility index (Phi) is 5.62. The highest BCUT2D eigenvalue weighted by molar-refractivity contribution is 5.84. The highest BCUT2D eigenvalue weighted by Crippen LogP contribution is 2.15. The fraction of sp³-hybridized carbons (Fsp3) is 0.846. The monoisotopic (exact) mass is 240 g/mol. The molecule has 0 bridgehead atoms. The highest BCUT2D eigenvalue weighted by atomic mass is 16.2. The van der Waals surface area contributed by atoms with Crippen LogP contribution in [0, 0.1) is 5.92 Å². The molecule has 1 aliphatic heterocycles. The molecule has 1 fully saturated rings. The van der Waals surface area contributed by atoms with Crippen LogP contribution in [0.1, 0.15) is 39.5 Å². The number of nitrogens with one attached hydrogen (secondary N) is 1. The van der Waals surface area contributed by atoms with E-state index < -0.39 is 0 Å². The van der Waals surface area contributed by atoms with Gasteiger partial charge >= 0.3 is 0 Å². The summed E-state index contributed by atoms with van der Waals surface area (Å²) in [6.45, 7) is 4.98. The van der Waals surface area contributed by atoms with Crippen molar-refractivity contribution in [3.8, 4) is 0 Å². The number of likely N-dealkylation sites (N-methyl/N-ethyl adjacent to an activating group) is 1. The Morgan fingerprint density at radius 3 is 2.76 bits per heavy atom. The van der Waals surface area contributed by atoms with E-state index in [1.54, 1.807) is 0 Å². The summed E-state index contributed by atoms with van der Waals surface area (Å²) in [6, 6.07) is -0.405. The third-order valence-corrected chi connectivity index (χ3v) is 3.79. The quantitative estimate of drug-likeness (QED) is 0.735. The molecule has 0 aromatic carbocycles. The van der Waals surface area contributed by atoms with Gasteiger partial charge in [-0.2, -0.15) is 0 Å². The molecule has 1 amide bonds. The molecule has 1 heterocycles. The van der Waals surface area contributed by atoms with Crippen LogP contribution < -0.4 is 5.32 Å². The van der Waals surface area contributed by atoms with Gasteiger partial charge in [0.25, 0.3) is 0 Å². The van der Waals surface area contributed by atoms with E-state index >= 15 is 0 Å². The van der Waals surface area contributed by atoms with Crippen LogP contribution in [-0.2, 0) is 9.59 Å². The Morgan fingerprint density at radius 1 is 1.53 bits per heavy atom. The zero-order valence-electron chi connectivity index (χ0n) is 11.1. The van der Waals surface area contributed by atoms with Gasteiger partial charge in [0.05, 0.1) is 12.1 Å². The van der Waals surface area contributed by atoms with E-state index in [1.807, 2.05) is 20.9 Å². The first-order chi connectivity index (χ1) is 8.10. The number of hydrogen-bond acceptors (Lipinski definition) is 3. The summed E-state index contributed by atoms with van der Waals surface area (Å²) in [5, 5.41) is 2.87. The molecular formula is C13H24N2O2. The van der Waals surface area contributed by atoms with Gasteiger partial charge in [0.1, 0.15) is 6.29 Å². The summed E-state index contributed by atoms with van der Waals surface area (Å²) in [5.41, 5.74) is 0. The minimum absolute atomic E-state index is 0.00426. The van der Waals surface area contributed by atoms with Crippen LogP contribution in [0.4, 0.5) is 0 Å². The van der Waals surface area contributed by atoms with E-state index in [2.05, 4.69) is 10.2 Å². The van der Waals surface area contributed by atoms with Crippen LogP contribution in [0.15, 0.2) is 0 Å². The number of carbonyl (C=O) groups excluding carboxylic acids is 2. The Hall–Kier alpha value is -0.900. The van der Waals surface area contributed by atoms with Crippen LogP contribution in [0.2, 0.25) is 0 Å². The first kappa shape index (κ1) is 14.2. The topological polar surface area (TPSA) is 49.4 Å². The normalized spacial score (nSPS) is 25.0. The summed E-state index contributed by atoms with van der Waals surface area (Å²) in [7, 11) is 1.97. The van der Waals surface area contributed by atoms with Gasteiger partial charge in [-0.25, -0.2) is 0 Å². The number of nitrogens with zero attached hydrogens (tertiary/aromatic N) is 1. The molecule has 0 aliphatic carbocycles. The Morgan fingerprint density at radius 2 is 2.24 bits per heavy atom. The van der Waals surface area contributed by atoms with Gasteiger partial charge in [-0.1, -0.05) is 26.7 Å². The second-order valence-electron chi connectivity index (χ2n) is 5.05. The number of likely N-dealkylation sites (tertiary alicyclic amines) is 1. The lowest BCUT2D eigenvalue weighted by molar-refractivity contribution is -0.129. The van der Waals surface area contributed by atoms with Crippen molar-refractivity contribution in [1.29, 1.82) is 0 Å². The van der Waals surface area contributed by atoms with Gasteiger partial charge < -0.3 is 10.1 Å². The molecule has 1 aliphatic rings. The molecule has 1 N–H and O–H groups in total. The molecule has 3 unspecified atom stereocenters.